The number of hydrogen-bond donors (Lipinski definition) is 3. The van der Waals surface area contributed by atoms with Gasteiger partial charge in [0.05, 0.1) is 35.4 Å². The Kier molecular flexibility index (Phi) is 5.89. The second kappa shape index (κ2) is 9.14. The molecule has 3 N–H and O–H groups in total. The molecule has 4 heterocycles. The van der Waals surface area contributed by atoms with Crippen molar-refractivity contribution in [1.82, 2.24) is 19.5 Å². The first-order chi connectivity index (χ1) is 16.5. The maximum atomic E-state index is 12.5. The van der Waals surface area contributed by atoms with Crippen LogP contribution in [0.5, 0.6) is 0 Å². The Morgan fingerprint density at radius 1 is 0.971 bits per heavy atom. The van der Waals surface area contributed by atoms with E-state index >= 15 is 0 Å². The quantitative estimate of drug-likeness (QED) is 0.417. The van der Waals surface area contributed by atoms with E-state index in [4.69, 9.17) is 9.72 Å². The zero-order chi connectivity index (χ0) is 23.7. The third-order valence-corrected chi connectivity index (χ3v) is 5.83. The lowest BCUT2D eigenvalue weighted by molar-refractivity contribution is -0.0458. The number of aliphatic hydroxyl groups excluding tert-OH is 2. The van der Waals surface area contributed by atoms with E-state index in [2.05, 4.69) is 9.97 Å². The monoisotopic (exact) mass is 458 g/mol. The van der Waals surface area contributed by atoms with Gasteiger partial charge in [0.2, 0.25) is 0 Å². The van der Waals surface area contributed by atoms with Crippen molar-refractivity contribution in [3.05, 3.63) is 93.9 Å². The average molecular weight is 458 g/mol. The van der Waals surface area contributed by atoms with E-state index in [0.717, 1.165) is 22.6 Å². The van der Waals surface area contributed by atoms with Crippen LogP contribution in [0.4, 0.5) is 0 Å². The summed E-state index contributed by atoms with van der Waals surface area (Å²) in [6.07, 6.45) is 0.817. The van der Waals surface area contributed by atoms with Crippen LogP contribution in [-0.4, -0.2) is 48.5 Å². The third-order valence-electron chi connectivity index (χ3n) is 5.83. The molecule has 0 saturated carbocycles. The average Bonchev–Trinajstić information content (AvgIpc) is 3.25. The molecule has 3 atom stereocenters. The van der Waals surface area contributed by atoms with E-state index in [9.17, 15) is 19.8 Å². The van der Waals surface area contributed by atoms with Gasteiger partial charge in [0.15, 0.2) is 0 Å². The Balaban J connectivity index is 1.45. The van der Waals surface area contributed by atoms with E-state index < -0.39 is 29.7 Å². The normalized spacial score (nSPS) is 19.9. The molecule has 1 aliphatic rings. The predicted octanol–water partition coefficient (Wildman–Crippen LogP) is 1.97. The van der Waals surface area contributed by atoms with Crippen LogP contribution in [0.2, 0.25) is 0 Å². The maximum Gasteiger partial charge on any atom is 0.330 e. The van der Waals surface area contributed by atoms with Crippen LogP contribution >= 0.6 is 0 Å². The fourth-order valence-corrected chi connectivity index (χ4v) is 4.03. The summed E-state index contributed by atoms with van der Waals surface area (Å²) in [6.45, 7) is -0.361. The van der Waals surface area contributed by atoms with Crippen LogP contribution in [0, 0.1) is 0 Å². The summed E-state index contributed by atoms with van der Waals surface area (Å²) in [6, 6.07) is 18.6. The zero-order valence-corrected chi connectivity index (χ0v) is 18.0. The van der Waals surface area contributed by atoms with Crippen molar-refractivity contribution >= 4 is 0 Å². The summed E-state index contributed by atoms with van der Waals surface area (Å²) in [5, 5.41) is 19.3. The molecule has 9 nitrogen and oxygen atoms in total. The van der Waals surface area contributed by atoms with Crippen LogP contribution < -0.4 is 11.2 Å². The topological polar surface area (TPSA) is 130 Å². The molecule has 3 aromatic heterocycles. The Morgan fingerprint density at radius 3 is 2.41 bits per heavy atom. The lowest BCUT2D eigenvalue weighted by Gasteiger charge is -2.15. The number of aliphatic hydroxyl groups is 2. The Hall–Kier alpha value is -3.92. The second-order valence-electron chi connectivity index (χ2n) is 8.02. The minimum atomic E-state index is -0.897. The number of H-pyrrole nitrogens is 1. The highest BCUT2D eigenvalue weighted by molar-refractivity contribution is 5.69. The van der Waals surface area contributed by atoms with Gasteiger partial charge in [-0.05, 0) is 29.8 Å². The van der Waals surface area contributed by atoms with Gasteiger partial charge < -0.3 is 14.9 Å². The molecular formula is C25H22N4O5. The number of pyridine rings is 2. The van der Waals surface area contributed by atoms with Gasteiger partial charge in [-0.1, -0.05) is 36.4 Å². The Labute approximate surface area is 194 Å². The van der Waals surface area contributed by atoms with Crippen molar-refractivity contribution in [1.29, 1.82) is 0 Å². The molecule has 0 bridgehead atoms. The minimum Gasteiger partial charge on any atom is -0.394 e. The molecule has 0 radical (unpaired) electrons. The highest BCUT2D eigenvalue weighted by Crippen LogP contribution is 2.29. The molecule has 0 unspecified atom stereocenters. The summed E-state index contributed by atoms with van der Waals surface area (Å²) in [7, 11) is 0. The van der Waals surface area contributed by atoms with Gasteiger partial charge in [-0.3, -0.25) is 19.3 Å². The minimum absolute atomic E-state index is 0.133. The fourth-order valence-electron chi connectivity index (χ4n) is 4.03. The fraction of sp³-hybridized carbons (Fsp3) is 0.200. The standard InChI is InChI=1S/C25H22N4O5/c30-14-22-21(31)12-23(34-22)29-13-17(24(32)28-25(29)33)15-7-9-16(10-8-15)18-5-3-6-20(27-18)19-4-1-2-11-26-19/h1-11,13,21-23,30-31H,12,14H2,(H,28,32,33)/t21-,22-,23-/m1/s1. The first-order valence-corrected chi connectivity index (χ1v) is 10.8. The molecule has 1 aliphatic heterocycles. The first-order valence-electron chi connectivity index (χ1n) is 10.8. The lowest BCUT2D eigenvalue weighted by atomic mass is 10.0. The van der Waals surface area contributed by atoms with Crippen LogP contribution in [0.1, 0.15) is 12.6 Å². The van der Waals surface area contributed by atoms with Gasteiger partial charge >= 0.3 is 5.69 Å². The first kappa shape index (κ1) is 21.9. The number of rotatable bonds is 5. The summed E-state index contributed by atoms with van der Waals surface area (Å²) in [4.78, 5) is 36.3. The molecule has 34 heavy (non-hydrogen) atoms. The summed E-state index contributed by atoms with van der Waals surface area (Å²) < 4.78 is 6.81. The predicted molar refractivity (Wildman–Crippen MR) is 125 cm³/mol. The van der Waals surface area contributed by atoms with E-state index in [0.29, 0.717) is 5.56 Å². The van der Waals surface area contributed by atoms with Crippen LogP contribution in [0.25, 0.3) is 33.8 Å². The number of aromatic amines is 1. The molecule has 1 saturated heterocycles. The number of benzene rings is 1. The van der Waals surface area contributed by atoms with Gasteiger partial charge in [-0.25, -0.2) is 9.78 Å². The molecule has 1 fully saturated rings. The van der Waals surface area contributed by atoms with Gasteiger partial charge in [0.25, 0.3) is 5.56 Å². The third kappa shape index (κ3) is 4.19. The highest BCUT2D eigenvalue weighted by Gasteiger charge is 2.35. The molecule has 0 amide bonds. The molecular weight excluding hydrogens is 436 g/mol. The molecule has 172 valence electrons. The van der Waals surface area contributed by atoms with Crippen LogP contribution in [0.15, 0.2) is 82.6 Å². The smallest absolute Gasteiger partial charge is 0.330 e. The Bertz CT molecular complexity index is 1420. The van der Waals surface area contributed by atoms with Crippen molar-refractivity contribution in [3.63, 3.8) is 0 Å². The summed E-state index contributed by atoms with van der Waals surface area (Å²) in [5.41, 5.74) is 2.88. The molecule has 4 aromatic rings. The van der Waals surface area contributed by atoms with E-state index in [1.807, 2.05) is 48.5 Å². The zero-order valence-electron chi connectivity index (χ0n) is 18.0. The molecule has 0 spiro atoms. The van der Waals surface area contributed by atoms with Gasteiger partial charge in [0.1, 0.15) is 12.3 Å². The number of nitrogens with one attached hydrogen (secondary N) is 1. The number of nitrogens with zero attached hydrogens (tertiary/aromatic N) is 3. The number of hydrogen-bond acceptors (Lipinski definition) is 7. The maximum absolute atomic E-state index is 12.5. The van der Waals surface area contributed by atoms with Crippen molar-refractivity contribution in [2.45, 2.75) is 24.9 Å². The van der Waals surface area contributed by atoms with E-state index in [1.165, 1.54) is 10.8 Å². The summed E-state index contributed by atoms with van der Waals surface area (Å²) in [5.74, 6) is 0. The van der Waals surface area contributed by atoms with Crippen LogP contribution in [-0.2, 0) is 4.74 Å². The van der Waals surface area contributed by atoms with Crippen LogP contribution in [0.3, 0.4) is 0 Å². The van der Waals surface area contributed by atoms with E-state index in [-0.39, 0.29) is 18.6 Å². The Morgan fingerprint density at radius 2 is 1.71 bits per heavy atom. The van der Waals surface area contributed by atoms with Crippen molar-refractivity contribution in [3.8, 4) is 33.8 Å². The highest BCUT2D eigenvalue weighted by atomic mass is 16.5. The van der Waals surface area contributed by atoms with Gasteiger partial charge in [0, 0.05) is 24.4 Å². The lowest BCUT2D eigenvalue weighted by Crippen LogP contribution is -2.33. The molecule has 1 aromatic carbocycles. The molecule has 5 rings (SSSR count). The second-order valence-corrected chi connectivity index (χ2v) is 8.02. The van der Waals surface area contributed by atoms with Gasteiger partial charge in [-0.15, -0.1) is 0 Å². The molecule has 9 heteroatoms. The van der Waals surface area contributed by atoms with Crippen molar-refractivity contribution < 1.29 is 14.9 Å². The van der Waals surface area contributed by atoms with Crippen molar-refractivity contribution in [2.75, 3.05) is 6.61 Å². The number of aromatic nitrogens is 4. The van der Waals surface area contributed by atoms with E-state index in [1.54, 1.807) is 18.3 Å². The molecule has 0 aliphatic carbocycles. The largest absolute Gasteiger partial charge is 0.394 e. The van der Waals surface area contributed by atoms with Gasteiger partial charge in [-0.2, -0.15) is 0 Å². The summed E-state index contributed by atoms with van der Waals surface area (Å²) >= 11 is 0. The SMILES string of the molecule is O=c1[nH]c(=O)n([C@H]2C[C@@H](O)[C@@H](CO)O2)cc1-c1ccc(-c2cccc(-c3ccccn3)n2)cc1. The number of ether oxygens (including phenoxy) is 1. The van der Waals surface area contributed by atoms with Crippen molar-refractivity contribution in [2.24, 2.45) is 0 Å².